The molecule has 0 aliphatic carbocycles. The van der Waals surface area contributed by atoms with Gasteiger partial charge in [0, 0.05) is 5.41 Å². The number of hydrogen-bond donors (Lipinski definition) is 0. The Morgan fingerprint density at radius 1 is 0.432 bits per heavy atom. The van der Waals surface area contributed by atoms with Crippen molar-refractivity contribution in [2.45, 2.75) is 161 Å². The molecule has 2 rings (SSSR count). The third-order valence-corrected chi connectivity index (χ3v) is 8.57. The Morgan fingerprint density at radius 3 is 1.41 bits per heavy atom. The molecule has 0 spiro atoms. The van der Waals surface area contributed by atoms with E-state index >= 15 is 0 Å². The van der Waals surface area contributed by atoms with Crippen molar-refractivity contribution in [1.82, 2.24) is 0 Å². The first-order valence-corrected chi connectivity index (χ1v) is 16.4. The van der Waals surface area contributed by atoms with Crippen LogP contribution >= 0.6 is 0 Å². The summed E-state index contributed by atoms with van der Waals surface area (Å²) in [7, 11) is 0. The summed E-state index contributed by atoms with van der Waals surface area (Å²) < 4.78 is 0. The van der Waals surface area contributed by atoms with E-state index in [1.54, 1.807) is 16.7 Å². The van der Waals surface area contributed by atoms with Crippen LogP contribution in [0.15, 0.2) is 54.6 Å². The molecule has 0 N–H and O–H groups in total. The average Bonchev–Trinajstić information content (AvgIpc) is 2.94. The molecule has 0 heteroatoms. The lowest BCUT2D eigenvalue weighted by atomic mass is 9.66. The van der Waals surface area contributed by atoms with E-state index in [9.17, 15) is 0 Å². The van der Waals surface area contributed by atoms with Gasteiger partial charge < -0.3 is 0 Å². The molecular weight excluding hydrogens is 444 g/mol. The highest BCUT2D eigenvalue weighted by atomic mass is 14.4. The molecule has 208 valence electrons. The Bertz CT molecular complexity index is 758. The molecule has 0 unspecified atom stereocenters. The Morgan fingerprint density at radius 2 is 0.865 bits per heavy atom. The second-order valence-corrected chi connectivity index (χ2v) is 11.7. The summed E-state index contributed by atoms with van der Waals surface area (Å²) in [6.45, 7) is 6.95. The van der Waals surface area contributed by atoms with E-state index < -0.39 is 0 Å². The highest BCUT2D eigenvalue weighted by Gasteiger charge is 2.34. The lowest BCUT2D eigenvalue weighted by molar-refractivity contribution is 0.387. The highest BCUT2D eigenvalue weighted by Crippen LogP contribution is 2.44. The molecule has 0 saturated heterocycles. The summed E-state index contributed by atoms with van der Waals surface area (Å²) >= 11 is 0. The Hall–Kier alpha value is -1.56. The fourth-order valence-electron chi connectivity index (χ4n) is 6.31. The van der Waals surface area contributed by atoms with Gasteiger partial charge in [-0.2, -0.15) is 0 Å². The van der Waals surface area contributed by atoms with Crippen molar-refractivity contribution in [3.05, 3.63) is 71.3 Å². The lowest BCUT2D eigenvalue weighted by Gasteiger charge is -2.37. The van der Waals surface area contributed by atoms with Crippen LogP contribution in [0.4, 0.5) is 0 Å². The second-order valence-electron chi connectivity index (χ2n) is 11.7. The third-order valence-electron chi connectivity index (χ3n) is 8.57. The molecular formula is C37H60. The van der Waals surface area contributed by atoms with Crippen molar-refractivity contribution in [2.24, 2.45) is 0 Å². The summed E-state index contributed by atoms with van der Waals surface area (Å²) in [6, 6.07) is 21.2. The number of aryl methyl sites for hydroxylation is 1. The van der Waals surface area contributed by atoms with Crippen LogP contribution in [0.25, 0.3) is 0 Å². The van der Waals surface area contributed by atoms with Gasteiger partial charge in [-0.25, -0.2) is 0 Å². The summed E-state index contributed by atoms with van der Waals surface area (Å²) in [5.41, 5.74) is 5.00. The van der Waals surface area contributed by atoms with Gasteiger partial charge in [0.2, 0.25) is 0 Å². The van der Waals surface area contributed by atoms with Crippen molar-refractivity contribution in [1.29, 1.82) is 0 Å². The van der Waals surface area contributed by atoms with E-state index in [1.165, 1.54) is 135 Å². The molecule has 0 heterocycles. The standard InChI is InChI=1S/C37H60/c1-4-7-10-13-16-20-27-34-28-23-24-31-36(34)37(35-29-21-19-22-30-35,32-25-17-14-11-8-5-2)33-26-18-15-12-9-6-3/h19,21-24,28-31H,4-18,20,25-27,32-33H2,1-3H3. The summed E-state index contributed by atoms with van der Waals surface area (Å²) in [5, 5.41) is 0. The second kappa shape index (κ2) is 20.4. The molecule has 0 saturated carbocycles. The SMILES string of the molecule is CCCCCCCCc1ccccc1C(CCCCCCCC)(CCCCCCCC)c1ccccc1. The van der Waals surface area contributed by atoms with Gasteiger partial charge in [0.05, 0.1) is 0 Å². The topological polar surface area (TPSA) is 0 Å². The molecule has 0 aliphatic heterocycles. The maximum atomic E-state index is 2.51. The predicted octanol–water partition coefficient (Wildman–Crippen LogP) is 12.4. The van der Waals surface area contributed by atoms with Gasteiger partial charge in [0.25, 0.3) is 0 Å². The van der Waals surface area contributed by atoms with Gasteiger partial charge in [-0.15, -0.1) is 0 Å². The fraction of sp³-hybridized carbons (Fsp3) is 0.676. The summed E-state index contributed by atoms with van der Waals surface area (Å²) in [5.74, 6) is 0. The molecule has 37 heavy (non-hydrogen) atoms. The molecule has 0 nitrogen and oxygen atoms in total. The minimum absolute atomic E-state index is 0.162. The van der Waals surface area contributed by atoms with Gasteiger partial charge >= 0.3 is 0 Å². The monoisotopic (exact) mass is 504 g/mol. The molecule has 2 aromatic carbocycles. The number of unbranched alkanes of at least 4 members (excludes halogenated alkanes) is 15. The minimum Gasteiger partial charge on any atom is -0.0654 e. The van der Waals surface area contributed by atoms with Gasteiger partial charge in [-0.3, -0.25) is 0 Å². The normalized spacial score (nSPS) is 11.8. The molecule has 0 aromatic heterocycles. The van der Waals surface area contributed by atoms with Gasteiger partial charge in [-0.05, 0) is 42.4 Å². The maximum absolute atomic E-state index is 2.51. The van der Waals surface area contributed by atoms with Crippen molar-refractivity contribution in [2.75, 3.05) is 0 Å². The van der Waals surface area contributed by atoms with Crippen LogP contribution < -0.4 is 0 Å². The number of benzene rings is 2. The number of hydrogen-bond acceptors (Lipinski definition) is 0. The van der Waals surface area contributed by atoms with Crippen LogP contribution in [0.1, 0.15) is 166 Å². The zero-order valence-electron chi connectivity index (χ0n) is 25.0. The van der Waals surface area contributed by atoms with Crippen LogP contribution in [-0.2, 0) is 11.8 Å². The van der Waals surface area contributed by atoms with Crippen LogP contribution in [0, 0.1) is 0 Å². The van der Waals surface area contributed by atoms with Crippen LogP contribution in [0.3, 0.4) is 0 Å². The van der Waals surface area contributed by atoms with E-state index in [4.69, 9.17) is 0 Å². The summed E-state index contributed by atoms with van der Waals surface area (Å²) in [4.78, 5) is 0. The minimum atomic E-state index is 0.162. The first kappa shape index (κ1) is 31.7. The highest BCUT2D eigenvalue weighted by molar-refractivity contribution is 5.44. The van der Waals surface area contributed by atoms with E-state index in [0.29, 0.717) is 0 Å². The quantitative estimate of drug-likeness (QED) is 0.132. The van der Waals surface area contributed by atoms with Crippen LogP contribution in [-0.4, -0.2) is 0 Å². The van der Waals surface area contributed by atoms with E-state index in [1.807, 2.05) is 0 Å². The molecule has 0 atom stereocenters. The van der Waals surface area contributed by atoms with Crippen molar-refractivity contribution in [3.63, 3.8) is 0 Å². The van der Waals surface area contributed by atoms with Crippen LogP contribution in [0.5, 0.6) is 0 Å². The maximum Gasteiger partial charge on any atom is 0.0205 e. The Balaban J connectivity index is 2.26. The van der Waals surface area contributed by atoms with Gasteiger partial charge in [0.15, 0.2) is 0 Å². The predicted molar refractivity (Wildman–Crippen MR) is 167 cm³/mol. The largest absolute Gasteiger partial charge is 0.0654 e. The molecule has 2 aromatic rings. The first-order chi connectivity index (χ1) is 18.3. The smallest absolute Gasteiger partial charge is 0.0205 e. The molecule has 0 aliphatic rings. The molecule has 0 amide bonds. The van der Waals surface area contributed by atoms with Gasteiger partial charge in [-0.1, -0.05) is 185 Å². The number of rotatable bonds is 23. The Labute approximate surface area is 232 Å². The summed E-state index contributed by atoms with van der Waals surface area (Å²) in [6.07, 6.45) is 28.6. The van der Waals surface area contributed by atoms with E-state index in [-0.39, 0.29) is 5.41 Å². The van der Waals surface area contributed by atoms with Crippen LogP contribution in [0.2, 0.25) is 0 Å². The van der Waals surface area contributed by atoms with E-state index in [2.05, 4.69) is 75.4 Å². The first-order valence-electron chi connectivity index (χ1n) is 16.4. The average molecular weight is 505 g/mol. The van der Waals surface area contributed by atoms with Crippen molar-refractivity contribution < 1.29 is 0 Å². The Kier molecular flexibility index (Phi) is 17.5. The van der Waals surface area contributed by atoms with Crippen molar-refractivity contribution >= 4 is 0 Å². The fourth-order valence-corrected chi connectivity index (χ4v) is 6.31. The molecule has 0 radical (unpaired) electrons. The molecule has 0 bridgehead atoms. The third kappa shape index (κ3) is 11.8. The zero-order chi connectivity index (χ0) is 26.4. The van der Waals surface area contributed by atoms with E-state index in [0.717, 1.165) is 0 Å². The van der Waals surface area contributed by atoms with Gasteiger partial charge in [0.1, 0.15) is 0 Å². The molecule has 0 fully saturated rings. The van der Waals surface area contributed by atoms with Crippen molar-refractivity contribution in [3.8, 4) is 0 Å². The lowest BCUT2D eigenvalue weighted by Crippen LogP contribution is -2.29. The zero-order valence-corrected chi connectivity index (χ0v) is 25.0.